The van der Waals surface area contributed by atoms with E-state index in [0.29, 0.717) is 5.69 Å². The Kier molecular flexibility index (Phi) is 4.99. The van der Waals surface area contributed by atoms with Crippen LogP contribution < -0.4 is 10.6 Å². The van der Waals surface area contributed by atoms with Crippen LogP contribution in [0, 0.1) is 0 Å². The minimum absolute atomic E-state index is 0.00685. The number of thiol groups is 1. The summed E-state index contributed by atoms with van der Waals surface area (Å²) >= 11 is 3.89. The van der Waals surface area contributed by atoms with Crippen LogP contribution in [0.4, 0.5) is 5.69 Å². The van der Waals surface area contributed by atoms with Crippen molar-refractivity contribution in [1.29, 1.82) is 0 Å². The third kappa shape index (κ3) is 3.21. The number of para-hydroxylation sites is 1. The number of benzene rings is 1. The number of hydrogen-bond donors (Lipinski definition) is 3. The Morgan fingerprint density at radius 2 is 2.00 bits per heavy atom. The Morgan fingerprint density at radius 1 is 1.35 bits per heavy atom. The first kappa shape index (κ1) is 13.5. The van der Waals surface area contributed by atoms with E-state index in [1.165, 1.54) is 11.0 Å². The van der Waals surface area contributed by atoms with Gasteiger partial charge >= 0.3 is 0 Å². The number of carbonyl (C=O) groups is 2. The molecule has 0 spiro atoms. The van der Waals surface area contributed by atoms with Crippen molar-refractivity contribution in [3.8, 4) is 0 Å². The van der Waals surface area contributed by atoms with Crippen molar-refractivity contribution in [3.05, 3.63) is 29.8 Å². The Balaban J connectivity index is 3.17. The van der Waals surface area contributed by atoms with Gasteiger partial charge in [0.25, 0.3) is 5.91 Å². The molecule has 1 aromatic carbocycles. The van der Waals surface area contributed by atoms with Gasteiger partial charge in [-0.1, -0.05) is 12.1 Å². The van der Waals surface area contributed by atoms with Crippen LogP contribution in [-0.2, 0) is 4.79 Å². The number of rotatable bonds is 5. The number of amides is 2. The first-order valence-electron chi connectivity index (χ1n) is 5.02. The molecule has 0 heterocycles. The normalized spacial score (nSPS) is 10.0. The summed E-state index contributed by atoms with van der Waals surface area (Å²) in [6.45, 7) is -0.101. The maximum atomic E-state index is 11.7. The zero-order valence-electron chi connectivity index (χ0n) is 9.17. The van der Waals surface area contributed by atoms with Crippen LogP contribution in [0.2, 0.25) is 0 Å². The maximum Gasteiger partial charge on any atom is 0.250 e. The lowest BCUT2D eigenvalue weighted by atomic mass is 10.1. The van der Waals surface area contributed by atoms with Gasteiger partial charge in [0.1, 0.15) is 0 Å². The van der Waals surface area contributed by atoms with Crippen LogP contribution in [0.1, 0.15) is 10.4 Å². The summed E-state index contributed by atoms with van der Waals surface area (Å²) in [6.07, 6.45) is 0. The number of carbonyl (C=O) groups excluding carboxylic acids is 2. The van der Waals surface area contributed by atoms with Gasteiger partial charge in [-0.05, 0) is 12.1 Å². The quantitative estimate of drug-likeness (QED) is 0.649. The van der Waals surface area contributed by atoms with Crippen LogP contribution in [0.25, 0.3) is 0 Å². The molecule has 0 saturated carbocycles. The third-order valence-corrected chi connectivity index (χ3v) is 2.49. The summed E-state index contributed by atoms with van der Waals surface area (Å²) in [5.41, 5.74) is 5.87. The van der Waals surface area contributed by atoms with Gasteiger partial charge in [0.15, 0.2) is 0 Å². The lowest BCUT2D eigenvalue weighted by molar-refractivity contribution is -0.116. The van der Waals surface area contributed by atoms with E-state index in [-0.39, 0.29) is 30.4 Å². The molecule has 0 aromatic heterocycles. The molecule has 6 heteroatoms. The molecule has 17 heavy (non-hydrogen) atoms. The van der Waals surface area contributed by atoms with Crippen molar-refractivity contribution in [2.75, 3.05) is 23.8 Å². The minimum atomic E-state index is -0.615. The maximum absolute atomic E-state index is 11.7. The van der Waals surface area contributed by atoms with Crippen molar-refractivity contribution in [2.45, 2.75) is 0 Å². The molecule has 0 fully saturated rings. The number of anilines is 1. The van der Waals surface area contributed by atoms with E-state index in [0.717, 1.165) is 0 Å². The number of hydrogen-bond acceptors (Lipinski definition) is 4. The average Bonchev–Trinajstić information content (AvgIpc) is 2.35. The molecule has 0 aliphatic heterocycles. The first-order chi connectivity index (χ1) is 8.11. The second-order valence-electron chi connectivity index (χ2n) is 3.31. The smallest absolute Gasteiger partial charge is 0.250 e. The molecular formula is C11H14N2O3S. The standard InChI is InChI=1S/C11H14N2O3S/c12-11(16)8-3-1-2-4-9(8)13(5-6-14)10(15)7-17/h1-4,14,17H,5-7H2,(H2,12,16). The zero-order chi connectivity index (χ0) is 12.8. The van der Waals surface area contributed by atoms with Crippen LogP contribution in [0.5, 0.6) is 0 Å². The van der Waals surface area contributed by atoms with E-state index in [1.807, 2.05) is 0 Å². The summed E-state index contributed by atoms with van der Waals surface area (Å²) in [6, 6.07) is 6.49. The molecule has 0 radical (unpaired) electrons. The van der Waals surface area contributed by atoms with Gasteiger partial charge in [0, 0.05) is 6.54 Å². The molecule has 0 atom stereocenters. The van der Waals surface area contributed by atoms with Crippen molar-refractivity contribution in [2.24, 2.45) is 5.73 Å². The lowest BCUT2D eigenvalue weighted by Gasteiger charge is -2.22. The lowest BCUT2D eigenvalue weighted by Crippen LogP contribution is -2.36. The van der Waals surface area contributed by atoms with Gasteiger partial charge in [-0.2, -0.15) is 12.6 Å². The van der Waals surface area contributed by atoms with Gasteiger partial charge < -0.3 is 15.7 Å². The molecule has 0 bridgehead atoms. The summed E-state index contributed by atoms with van der Waals surface area (Å²) in [4.78, 5) is 24.2. The fraction of sp³-hybridized carbons (Fsp3) is 0.273. The van der Waals surface area contributed by atoms with Crippen LogP contribution >= 0.6 is 12.6 Å². The molecule has 1 aromatic rings. The fourth-order valence-corrected chi connectivity index (χ4v) is 1.65. The third-order valence-electron chi connectivity index (χ3n) is 2.22. The van der Waals surface area contributed by atoms with Crippen molar-refractivity contribution in [3.63, 3.8) is 0 Å². The number of nitrogens with zero attached hydrogens (tertiary/aromatic N) is 1. The molecule has 3 N–H and O–H groups in total. The minimum Gasteiger partial charge on any atom is -0.395 e. The predicted molar refractivity (Wildman–Crippen MR) is 68.3 cm³/mol. The molecule has 0 saturated heterocycles. The number of aliphatic hydroxyl groups is 1. The molecular weight excluding hydrogens is 240 g/mol. The molecule has 0 aliphatic carbocycles. The van der Waals surface area contributed by atoms with Crippen LogP contribution in [0.3, 0.4) is 0 Å². The highest BCUT2D eigenvalue weighted by Crippen LogP contribution is 2.20. The highest BCUT2D eigenvalue weighted by atomic mass is 32.1. The highest BCUT2D eigenvalue weighted by molar-refractivity contribution is 7.81. The molecule has 92 valence electrons. The SMILES string of the molecule is NC(=O)c1ccccc1N(CCO)C(=O)CS. The molecule has 1 rings (SSSR count). The van der Waals surface area contributed by atoms with E-state index in [2.05, 4.69) is 12.6 Å². The second-order valence-corrected chi connectivity index (χ2v) is 3.62. The molecule has 0 unspecified atom stereocenters. The molecule has 0 aliphatic rings. The van der Waals surface area contributed by atoms with Crippen LogP contribution in [0.15, 0.2) is 24.3 Å². The van der Waals surface area contributed by atoms with Crippen molar-refractivity contribution < 1.29 is 14.7 Å². The second kappa shape index (κ2) is 6.27. The van der Waals surface area contributed by atoms with E-state index >= 15 is 0 Å². The van der Waals surface area contributed by atoms with E-state index in [1.54, 1.807) is 18.2 Å². The van der Waals surface area contributed by atoms with Gasteiger partial charge in [0.2, 0.25) is 5.91 Å². The first-order valence-corrected chi connectivity index (χ1v) is 5.66. The Morgan fingerprint density at radius 3 is 2.53 bits per heavy atom. The highest BCUT2D eigenvalue weighted by Gasteiger charge is 2.18. The monoisotopic (exact) mass is 254 g/mol. The molecule has 2 amide bonds. The van der Waals surface area contributed by atoms with Gasteiger partial charge in [0.05, 0.1) is 23.6 Å². The number of aliphatic hydroxyl groups excluding tert-OH is 1. The topological polar surface area (TPSA) is 83.6 Å². The van der Waals surface area contributed by atoms with E-state index in [4.69, 9.17) is 10.8 Å². The Hall–Kier alpha value is -1.53. The Labute approximate surface area is 105 Å². The summed E-state index contributed by atoms with van der Waals surface area (Å²) in [5.74, 6) is -0.917. The fourth-order valence-electron chi connectivity index (χ4n) is 1.48. The van der Waals surface area contributed by atoms with E-state index in [9.17, 15) is 9.59 Å². The average molecular weight is 254 g/mol. The summed E-state index contributed by atoms with van der Waals surface area (Å²) < 4.78 is 0. The zero-order valence-corrected chi connectivity index (χ0v) is 10.1. The number of primary amides is 1. The predicted octanol–water partition coefficient (Wildman–Crippen LogP) is 0.0406. The van der Waals surface area contributed by atoms with E-state index < -0.39 is 5.91 Å². The van der Waals surface area contributed by atoms with Gasteiger partial charge in [-0.25, -0.2) is 0 Å². The van der Waals surface area contributed by atoms with Gasteiger partial charge in [-0.15, -0.1) is 0 Å². The van der Waals surface area contributed by atoms with Crippen molar-refractivity contribution in [1.82, 2.24) is 0 Å². The van der Waals surface area contributed by atoms with Gasteiger partial charge in [-0.3, -0.25) is 9.59 Å². The largest absolute Gasteiger partial charge is 0.395 e. The molecule has 5 nitrogen and oxygen atoms in total. The Bertz CT molecular complexity index is 423. The summed E-state index contributed by atoms with van der Waals surface area (Å²) in [7, 11) is 0. The van der Waals surface area contributed by atoms with Crippen LogP contribution in [-0.4, -0.2) is 35.8 Å². The number of nitrogens with two attached hydrogens (primary N) is 1. The van der Waals surface area contributed by atoms with Crippen molar-refractivity contribution >= 4 is 30.1 Å². The summed E-state index contributed by atoms with van der Waals surface area (Å²) in [5, 5.41) is 8.94.